The minimum atomic E-state index is 0.494. The predicted molar refractivity (Wildman–Crippen MR) is 60.1 cm³/mol. The van der Waals surface area contributed by atoms with Gasteiger partial charge in [-0.1, -0.05) is 35.7 Å². The van der Waals surface area contributed by atoms with E-state index in [-0.39, 0.29) is 0 Å². The zero-order valence-electron chi connectivity index (χ0n) is 7.89. The predicted octanol–water partition coefficient (Wildman–Crippen LogP) is 4.44. The Labute approximate surface area is 94.2 Å². The fourth-order valence-corrected chi connectivity index (χ4v) is 3.33. The molecular weight excluding hydrogens is 215 g/mol. The van der Waals surface area contributed by atoms with Gasteiger partial charge in [-0.15, -0.1) is 0 Å². The summed E-state index contributed by atoms with van der Waals surface area (Å²) in [5.41, 5.74) is 1.91. The maximum Gasteiger partial charge on any atom is 0.0595 e. The Morgan fingerprint density at radius 3 is 2.64 bits per heavy atom. The van der Waals surface area contributed by atoms with Gasteiger partial charge in [0.05, 0.1) is 10.0 Å². The lowest BCUT2D eigenvalue weighted by atomic mass is 9.93. The van der Waals surface area contributed by atoms with Crippen LogP contribution >= 0.6 is 23.2 Å². The molecule has 2 unspecified atom stereocenters. The van der Waals surface area contributed by atoms with Crippen LogP contribution in [0.4, 0.5) is 0 Å². The first-order chi connectivity index (χ1) is 6.72. The van der Waals surface area contributed by atoms with Gasteiger partial charge in [0, 0.05) is 0 Å². The topological polar surface area (TPSA) is 0 Å². The number of benzene rings is 1. The SMILES string of the molecule is Clc1ccc(C23CCCC2C3)cc1Cl. The van der Waals surface area contributed by atoms with Crippen molar-refractivity contribution in [2.75, 3.05) is 0 Å². The quantitative estimate of drug-likeness (QED) is 0.665. The summed E-state index contributed by atoms with van der Waals surface area (Å²) < 4.78 is 0. The van der Waals surface area contributed by atoms with Crippen molar-refractivity contribution in [2.45, 2.75) is 31.1 Å². The van der Waals surface area contributed by atoms with Crippen molar-refractivity contribution in [1.29, 1.82) is 0 Å². The summed E-state index contributed by atoms with van der Waals surface area (Å²) in [5, 5.41) is 1.37. The number of halogens is 2. The second kappa shape index (κ2) is 2.90. The summed E-state index contributed by atoms with van der Waals surface area (Å²) in [6.07, 6.45) is 5.49. The van der Waals surface area contributed by atoms with Crippen molar-refractivity contribution in [3.63, 3.8) is 0 Å². The molecule has 14 heavy (non-hydrogen) atoms. The highest BCUT2D eigenvalue weighted by Gasteiger charge is 2.57. The van der Waals surface area contributed by atoms with Crippen LogP contribution in [0.25, 0.3) is 0 Å². The van der Waals surface area contributed by atoms with Gasteiger partial charge >= 0.3 is 0 Å². The van der Waals surface area contributed by atoms with E-state index in [1.807, 2.05) is 6.07 Å². The third-order valence-corrected chi connectivity index (χ3v) is 4.64. The minimum absolute atomic E-state index is 0.494. The van der Waals surface area contributed by atoms with E-state index in [0.717, 1.165) is 5.92 Å². The van der Waals surface area contributed by atoms with Crippen LogP contribution in [-0.2, 0) is 5.41 Å². The van der Waals surface area contributed by atoms with Crippen LogP contribution in [0.3, 0.4) is 0 Å². The molecule has 0 N–H and O–H groups in total. The van der Waals surface area contributed by atoms with Crippen molar-refractivity contribution < 1.29 is 0 Å². The maximum atomic E-state index is 6.04. The zero-order chi connectivity index (χ0) is 9.76. The molecule has 2 atom stereocenters. The van der Waals surface area contributed by atoms with Crippen molar-refractivity contribution in [3.05, 3.63) is 33.8 Å². The Morgan fingerprint density at radius 1 is 1.21 bits per heavy atom. The number of hydrogen-bond donors (Lipinski definition) is 0. The lowest BCUT2D eigenvalue weighted by Gasteiger charge is -2.12. The summed E-state index contributed by atoms with van der Waals surface area (Å²) in [5.74, 6) is 0.930. The van der Waals surface area contributed by atoms with Gasteiger partial charge in [-0.05, 0) is 48.3 Å². The molecule has 2 aliphatic carbocycles. The van der Waals surface area contributed by atoms with E-state index in [9.17, 15) is 0 Å². The van der Waals surface area contributed by atoms with Gasteiger partial charge in [-0.3, -0.25) is 0 Å². The van der Waals surface area contributed by atoms with Crippen LogP contribution in [0.15, 0.2) is 18.2 Å². The first-order valence-electron chi connectivity index (χ1n) is 5.18. The number of rotatable bonds is 1. The molecule has 74 valence electrons. The van der Waals surface area contributed by atoms with E-state index in [2.05, 4.69) is 12.1 Å². The molecule has 3 rings (SSSR count). The van der Waals surface area contributed by atoms with E-state index in [4.69, 9.17) is 23.2 Å². The molecule has 0 amide bonds. The highest BCUT2D eigenvalue weighted by atomic mass is 35.5. The molecule has 0 radical (unpaired) electrons. The third-order valence-electron chi connectivity index (χ3n) is 3.90. The highest BCUT2D eigenvalue weighted by molar-refractivity contribution is 6.42. The molecule has 1 aromatic rings. The molecule has 2 saturated carbocycles. The van der Waals surface area contributed by atoms with Crippen LogP contribution in [0.2, 0.25) is 10.0 Å². The van der Waals surface area contributed by atoms with E-state index in [1.54, 1.807) is 0 Å². The van der Waals surface area contributed by atoms with E-state index >= 15 is 0 Å². The van der Waals surface area contributed by atoms with Crippen LogP contribution in [0.1, 0.15) is 31.2 Å². The second-order valence-corrected chi connectivity index (χ2v) is 5.39. The molecule has 0 heterocycles. The molecule has 0 spiro atoms. The van der Waals surface area contributed by atoms with Crippen LogP contribution in [0.5, 0.6) is 0 Å². The van der Waals surface area contributed by atoms with Gasteiger partial charge in [-0.2, -0.15) is 0 Å². The smallest absolute Gasteiger partial charge is 0.0595 e. The van der Waals surface area contributed by atoms with Crippen molar-refractivity contribution in [3.8, 4) is 0 Å². The van der Waals surface area contributed by atoms with Gasteiger partial charge in [0.1, 0.15) is 0 Å². The first kappa shape index (κ1) is 9.06. The molecule has 0 aromatic heterocycles. The molecule has 0 bridgehead atoms. The summed E-state index contributed by atoms with van der Waals surface area (Å²) in [4.78, 5) is 0. The van der Waals surface area contributed by atoms with Gasteiger partial charge in [0.2, 0.25) is 0 Å². The lowest BCUT2D eigenvalue weighted by Crippen LogP contribution is -2.04. The van der Waals surface area contributed by atoms with Crippen LogP contribution < -0.4 is 0 Å². The summed E-state index contributed by atoms with van der Waals surface area (Å²) >= 11 is 12.0. The van der Waals surface area contributed by atoms with Gasteiger partial charge < -0.3 is 0 Å². The highest BCUT2D eigenvalue weighted by Crippen LogP contribution is 2.64. The number of fused-ring (bicyclic) bond motifs is 1. The average Bonchev–Trinajstić information content (AvgIpc) is 2.75. The molecule has 2 aliphatic rings. The summed E-state index contributed by atoms with van der Waals surface area (Å²) in [7, 11) is 0. The molecule has 0 aliphatic heterocycles. The standard InChI is InChI=1S/C12H12Cl2/c13-10-4-3-8(6-11(10)14)12-5-1-2-9(12)7-12/h3-4,6,9H,1-2,5,7H2. The normalized spacial score (nSPS) is 34.3. The summed E-state index contributed by atoms with van der Waals surface area (Å²) in [6.45, 7) is 0. The zero-order valence-corrected chi connectivity index (χ0v) is 9.41. The molecule has 0 nitrogen and oxygen atoms in total. The van der Waals surface area contributed by atoms with E-state index in [1.165, 1.54) is 31.2 Å². The molecule has 2 fully saturated rings. The maximum absolute atomic E-state index is 6.04. The van der Waals surface area contributed by atoms with Gasteiger partial charge in [0.25, 0.3) is 0 Å². The summed E-state index contributed by atoms with van der Waals surface area (Å²) in [6, 6.07) is 6.15. The Balaban J connectivity index is 2.01. The second-order valence-electron chi connectivity index (χ2n) is 4.58. The molecule has 2 heteroatoms. The van der Waals surface area contributed by atoms with Crippen LogP contribution in [-0.4, -0.2) is 0 Å². The Bertz CT molecular complexity index is 386. The molecular formula is C12H12Cl2. The van der Waals surface area contributed by atoms with Gasteiger partial charge in [-0.25, -0.2) is 0 Å². The van der Waals surface area contributed by atoms with Crippen molar-refractivity contribution in [2.24, 2.45) is 5.92 Å². The Hall–Kier alpha value is -0.200. The lowest BCUT2D eigenvalue weighted by molar-refractivity contribution is 0.657. The van der Waals surface area contributed by atoms with Crippen molar-refractivity contribution in [1.82, 2.24) is 0 Å². The molecule has 1 aromatic carbocycles. The molecule has 0 saturated heterocycles. The van der Waals surface area contributed by atoms with Crippen LogP contribution in [0, 0.1) is 5.92 Å². The largest absolute Gasteiger partial charge is 0.0827 e. The van der Waals surface area contributed by atoms with E-state index < -0.39 is 0 Å². The average molecular weight is 227 g/mol. The number of hydrogen-bond acceptors (Lipinski definition) is 0. The Kier molecular flexibility index (Phi) is 1.87. The monoisotopic (exact) mass is 226 g/mol. The fourth-order valence-electron chi connectivity index (χ4n) is 3.03. The Morgan fingerprint density at radius 2 is 2.07 bits per heavy atom. The minimum Gasteiger partial charge on any atom is -0.0827 e. The first-order valence-corrected chi connectivity index (χ1v) is 5.93. The fraction of sp³-hybridized carbons (Fsp3) is 0.500. The van der Waals surface area contributed by atoms with E-state index in [0.29, 0.717) is 15.5 Å². The van der Waals surface area contributed by atoms with Gasteiger partial charge in [0.15, 0.2) is 0 Å². The third kappa shape index (κ3) is 1.14. The van der Waals surface area contributed by atoms with Crippen molar-refractivity contribution >= 4 is 23.2 Å².